The number of amides is 1. The molecule has 0 aromatic heterocycles. The average Bonchev–Trinajstić information content (AvgIpc) is 2.27. The molecule has 1 aliphatic rings. The van der Waals surface area contributed by atoms with Gasteiger partial charge in [0.05, 0.1) is 6.04 Å². The first-order chi connectivity index (χ1) is 8.15. The minimum absolute atomic E-state index is 0.0295. The zero-order valence-electron chi connectivity index (χ0n) is 11.6. The normalized spacial score (nSPS) is 25.5. The van der Waals surface area contributed by atoms with Crippen molar-refractivity contribution in [2.24, 2.45) is 5.92 Å². The topological polar surface area (TPSA) is 41.1 Å². The van der Waals surface area contributed by atoms with Gasteiger partial charge in [-0.15, -0.1) is 0 Å². The third-order valence-electron chi connectivity index (χ3n) is 3.99. The molecule has 1 fully saturated rings. The van der Waals surface area contributed by atoms with Gasteiger partial charge in [-0.1, -0.05) is 39.5 Å². The van der Waals surface area contributed by atoms with Crippen LogP contribution in [0.25, 0.3) is 0 Å². The van der Waals surface area contributed by atoms with E-state index in [0.717, 1.165) is 19.4 Å². The van der Waals surface area contributed by atoms with Crippen molar-refractivity contribution in [1.29, 1.82) is 0 Å². The van der Waals surface area contributed by atoms with Crippen molar-refractivity contribution in [3.63, 3.8) is 0 Å². The second-order valence-corrected chi connectivity index (χ2v) is 5.39. The van der Waals surface area contributed by atoms with Gasteiger partial charge >= 0.3 is 0 Å². The molecule has 3 heteroatoms. The lowest BCUT2D eigenvalue weighted by atomic mass is 9.99. The Morgan fingerprint density at radius 3 is 2.71 bits per heavy atom. The second kappa shape index (κ2) is 7.70. The van der Waals surface area contributed by atoms with Crippen LogP contribution in [0.5, 0.6) is 0 Å². The van der Waals surface area contributed by atoms with Crippen molar-refractivity contribution in [2.45, 2.75) is 71.4 Å². The van der Waals surface area contributed by atoms with Gasteiger partial charge in [0.25, 0.3) is 0 Å². The van der Waals surface area contributed by atoms with Gasteiger partial charge in [0.1, 0.15) is 0 Å². The van der Waals surface area contributed by atoms with E-state index in [1.54, 1.807) is 0 Å². The first-order valence-electron chi connectivity index (χ1n) is 7.19. The number of carbonyl (C=O) groups excluding carboxylic acids is 1. The van der Waals surface area contributed by atoms with Crippen LogP contribution in [0.2, 0.25) is 0 Å². The van der Waals surface area contributed by atoms with Crippen LogP contribution in [-0.4, -0.2) is 24.5 Å². The van der Waals surface area contributed by atoms with E-state index in [4.69, 9.17) is 0 Å². The first-order valence-corrected chi connectivity index (χ1v) is 7.19. The lowest BCUT2D eigenvalue weighted by molar-refractivity contribution is -0.124. The molecule has 100 valence electrons. The van der Waals surface area contributed by atoms with Crippen LogP contribution in [0.3, 0.4) is 0 Å². The Morgan fingerprint density at radius 1 is 1.29 bits per heavy atom. The summed E-state index contributed by atoms with van der Waals surface area (Å²) in [5.41, 5.74) is 0. The predicted octanol–water partition coefficient (Wildman–Crippen LogP) is 2.46. The van der Waals surface area contributed by atoms with Crippen molar-refractivity contribution >= 4 is 5.91 Å². The number of nitrogens with one attached hydrogen (secondary N) is 2. The molecule has 0 aromatic carbocycles. The molecule has 0 radical (unpaired) electrons. The number of rotatable bonds is 4. The monoisotopic (exact) mass is 240 g/mol. The predicted molar refractivity (Wildman–Crippen MR) is 71.9 cm³/mol. The van der Waals surface area contributed by atoms with E-state index in [1.165, 1.54) is 25.7 Å². The molecular formula is C14H28N2O. The molecule has 1 amide bonds. The molecule has 0 aromatic rings. The molecule has 1 aliphatic heterocycles. The SMILES string of the molecule is CCC(C)C(C)NC(=O)C1CCCCCCN1. The molecule has 1 saturated heterocycles. The van der Waals surface area contributed by atoms with Gasteiger partial charge in [0.2, 0.25) is 5.91 Å². The molecule has 2 N–H and O–H groups in total. The van der Waals surface area contributed by atoms with Crippen LogP contribution >= 0.6 is 0 Å². The lowest BCUT2D eigenvalue weighted by Gasteiger charge is -2.25. The van der Waals surface area contributed by atoms with Crippen molar-refractivity contribution in [1.82, 2.24) is 10.6 Å². The van der Waals surface area contributed by atoms with Crippen LogP contribution in [0.4, 0.5) is 0 Å². The number of hydrogen-bond acceptors (Lipinski definition) is 2. The van der Waals surface area contributed by atoms with Crippen LogP contribution in [-0.2, 0) is 4.79 Å². The highest BCUT2D eigenvalue weighted by Crippen LogP contribution is 2.11. The Kier molecular flexibility index (Phi) is 6.56. The van der Waals surface area contributed by atoms with Crippen molar-refractivity contribution in [2.75, 3.05) is 6.54 Å². The van der Waals surface area contributed by atoms with Crippen LogP contribution in [0.15, 0.2) is 0 Å². The molecule has 3 unspecified atom stereocenters. The Morgan fingerprint density at radius 2 is 2.00 bits per heavy atom. The highest BCUT2D eigenvalue weighted by atomic mass is 16.2. The van der Waals surface area contributed by atoms with Gasteiger partial charge in [-0.3, -0.25) is 4.79 Å². The minimum atomic E-state index is 0.0295. The van der Waals surface area contributed by atoms with Gasteiger partial charge in [0, 0.05) is 6.04 Å². The smallest absolute Gasteiger partial charge is 0.237 e. The van der Waals surface area contributed by atoms with Gasteiger partial charge in [-0.2, -0.15) is 0 Å². The molecular weight excluding hydrogens is 212 g/mol. The van der Waals surface area contributed by atoms with E-state index < -0.39 is 0 Å². The Hall–Kier alpha value is -0.570. The molecule has 0 saturated carbocycles. The zero-order valence-corrected chi connectivity index (χ0v) is 11.6. The molecule has 0 aliphatic carbocycles. The highest BCUT2D eigenvalue weighted by molar-refractivity contribution is 5.82. The maximum absolute atomic E-state index is 12.1. The fourth-order valence-corrected chi connectivity index (χ4v) is 2.25. The van der Waals surface area contributed by atoms with Gasteiger partial charge < -0.3 is 10.6 Å². The summed E-state index contributed by atoms with van der Waals surface area (Å²) < 4.78 is 0. The molecule has 3 nitrogen and oxygen atoms in total. The first kappa shape index (κ1) is 14.5. The number of hydrogen-bond donors (Lipinski definition) is 2. The summed E-state index contributed by atoms with van der Waals surface area (Å²) in [4.78, 5) is 12.1. The molecule has 1 rings (SSSR count). The largest absolute Gasteiger partial charge is 0.352 e. The third kappa shape index (κ3) is 5.07. The fraction of sp³-hybridized carbons (Fsp3) is 0.929. The van der Waals surface area contributed by atoms with Crippen molar-refractivity contribution in [3.05, 3.63) is 0 Å². The van der Waals surface area contributed by atoms with Crippen molar-refractivity contribution < 1.29 is 4.79 Å². The fourth-order valence-electron chi connectivity index (χ4n) is 2.25. The summed E-state index contributed by atoms with van der Waals surface area (Å²) in [5, 5.41) is 6.52. The summed E-state index contributed by atoms with van der Waals surface area (Å²) in [6.07, 6.45) is 7.03. The highest BCUT2D eigenvalue weighted by Gasteiger charge is 2.21. The lowest BCUT2D eigenvalue weighted by Crippen LogP contribution is -2.49. The Balaban J connectivity index is 2.38. The molecule has 3 atom stereocenters. The van der Waals surface area contributed by atoms with E-state index in [1.807, 2.05) is 0 Å². The molecule has 0 bridgehead atoms. The zero-order chi connectivity index (χ0) is 12.7. The quantitative estimate of drug-likeness (QED) is 0.792. The van der Waals surface area contributed by atoms with E-state index >= 15 is 0 Å². The van der Waals surface area contributed by atoms with E-state index in [2.05, 4.69) is 31.4 Å². The van der Waals surface area contributed by atoms with Gasteiger partial charge in [0.15, 0.2) is 0 Å². The maximum atomic E-state index is 12.1. The van der Waals surface area contributed by atoms with E-state index in [0.29, 0.717) is 5.92 Å². The second-order valence-electron chi connectivity index (χ2n) is 5.39. The van der Waals surface area contributed by atoms with Crippen molar-refractivity contribution in [3.8, 4) is 0 Å². The summed E-state index contributed by atoms with van der Waals surface area (Å²) in [5.74, 6) is 0.743. The molecule has 0 spiro atoms. The van der Waals surface area contributed by atoms with Crippen LogP contribution < -0.4 is 10.6 Å². The van der Waals surface area contributed by atoms with Gasteiger partial charge in [-0.05, 0) is 32.2 Å². The minimum Gasteiger partial charge on any atom is -0.352 e. The van der Waals surface area contributed by atoms with Gasteiger partial charge in [-0.25, -0.2) is 0 Å². The summed E-state index contributed by atoms with van der Waals surface area (Å²) in [6, 6.07) is 0.307. The standard InChI is InChI=1S/C14H28N2O/c1-4-11(2)12(3)16-14(17)13-9-7-5-6-8-10-15-13/h11-13,15H,4-10H2,1-3H3,(H,16,17). The van der Waals surface area contributed by atoms with E-state index in [9.17, 15) is 4.79 Å². The third-order valence-corrected chi connectivity index (χ3v) is 3.99. The van der Waals surface area contributed by atoms with E-state index in [-0.39, 0.29) is 18.0 Å². The average molecular weight is 240 g/mol. The maximum Gasteiger partial charge on any atom is 0.237 e. The summed E-state index contributed by atoms with van der Waals surface area (Å²) in [7, 11) is 0. The number of carbonyl (C=O) groups is 1. The Labute approximate surface area is 106 Å². The van der Waals surface area contributed by atoms with Crippen LogP contribution in [0.1, 0.15) is 59.3 Å². The molecule has 17 heavy (non-hydrogen) atoms. The summed E-state index contributed by atoms with van der Waals surface area (Å²) in [6.45, 7) is 7.45. The molecule has 1 heterocycles. The van der Waals surface area contributed by atoms with Crippen LogP contribution in [0, 0.1) is 5.92 Å². The summed E-state index contributed by atoms with van der Waals surface area (Å²) >= 11 is 0. The Bertz CT molecular complexity index is 222.